The zero-order valence-corrected chi connectivity index (χ0v) is 9.13. The highest BCUT2D eigenvalue weighted by Crippen LogP contribution is 2.30. The van der Waals surface area contributed by atoms with Gasteiger partial charge in [0.2, 0.25) is 0 Å². The smallest absolute Gasteiger partial charge is 0.166 e. The first-order valence-electron chi connectivity index (χ1n) is 4.63. The van der Waals surface area contributed by atoms with Gasteiger partial charge in [-0.05, 0) is 23.8 Å². The summed E-state index contributed by atoms with van der Waals surface area (Å²) in [5.41, 5.74) is 0.544. The van der Waals surface area contributed by atoms with E-state index in [-0.39, 0.29) is 5.15 Å². The Morgan fingerprint density at radius 2 is 1.65 bits per heavy atom. The Bertz CT molecular complexity index is 523. The van der Waals surface area contributed by atoms with Crippen LogP contribution in [0, 0.1) is 0 Å². The van der Waals surface area contributed by atoms with Gasteiger partial charge in [0.05, 0.1) is 11.8 Å². The molecule has 17 heavy (non-hydrogen) atoms. The summed E-state index contributed by atoms with van der Waals surface area (Å²) in [4.78, 5) is 0. The Morgan fingerprint density at radius 3 is 2.18 bits per heavy atom. The summed E-state index contributed by atoms with van der Waals surface area (Å²) in [7, 11) is 0. The average molecular weight is 259 g/mol. The zero-order chi connectivity index (χ0) is 12.5. The van der Waals surface area contributed by atoms with Crippen LogP contribution in [-0.4, -0.2) is 10.2 Å². The molecule has 1 aromatic carbocycles. The molecule has 2 aromatic rings. The van der Waals surface area contributed by atoms with E-state index in [0.717, 1.165) is 12.1 Å². The van der Waals surface area contributed by atoms with Crippen LogP contribution in [0.5, 0.6) is 0 Å². The lowest BCUT2D eigenvalue weighted by Gasteiger charge is -2.07. The topological polar surface area (TPSA) is 25.8 Å². The van der Waals surface area contributed by atoms with Crippen LogP contribution in [0.15, 0.2) is 36.5 Å². The second-order valence-corrected chi connectivity index (χ2v) is 3.73. The van der Waals surface area contributed by atoms with Crippen LogP contribution in [-0.2, 0) is 6.18 Å². The molecule has 2 rings (SSSR count). The van der Waals surface area contributed by atoms with Gasteiger partial charge in [0.1, 0.15) is 0 Å². The maximum absolute atomic E-state index is 12.3. The van der Waals surface area contributed by atoms with Gasteiger partial charge in [0.25, 0.3) is 0 Å². The number of alkyl halides is 3. The Kier molecular flexibility index (Phi) is 3.02. The largest absolute Gasteiger partial charge is 0.416 e. The molecule has 0 fully saturated rings. The molecule has 0 aliphatic carbocycles. The minimum absolute atomic E-state index is 0.197. The van der Waals surface area contributed by atoms with Crippen molar-refractivity contribution in [1.29, 1.82) is 0 Å². The highest BCUT2D eigenvalue weighted by Gasteiger charge is 2.29. The maximum atomic E-state index is 12.3. The third-order valence-electron chi connectivity index (χ3n) is 2.17. The second kappa shape index (κ2) is 4.33. The van der Waals surface area contributed by atoms with Crippen molar-refractivity contribution in [1.82, 2.24) is 10.2 Å². The van der Waals surface area contributed by atoms with Crippen LogP contribution < -0.4 is 0 Å². The molecule has 0 amide bonds. The van der Waals surface area contributed by atoms with Crippen molar-refractivity contribution < 1.29 is 13.2 Å². The van der Waals surface area contributed by atoms with Crippen molar-refractivity contribution in [2.24, 2.45) is 0 Å². The van der Waals surface area contributed by atoms with Gasteiger partial charge in [-0.25, -0.2) is 0 Å². The molecular formula is C11H6ClF3N2. The summed E-state index contributed by atoms with van der Waals surface area (Å²) in [6.45, 7) is 0. The fraction of sp³-hybridized carbons (Fsp3) is 0.0909. The first-order chi connectivity index (χ1) is 7.97. The summed E-state index contributed by atoms with van der Waals surface area (Å²) in [5, 5.41) is 7.38. The fourth-order valence-electron chi connectivity index (χ4n) is 1.35. The molecule has 1 aromatic heterocycles. The number of hydrogen-bond acceptors (Lipinski definition) is 2. The number of aromatic nitrogens is 2. The molecule has 2 nitrogen and oxygen atoms in total. The number of nitrogens with zero attached hydrogens (tertiary/aromatic N) is 2. The third-order valence-corrected chi connectivity index (χ3v) is 2.35. The van der Waals surface area contributed by atoms with Crippen LogP contribution in [0.2, 0.25) is 5.15 Å². The molecule has 0 radical (unpaired) electrons. The van der Waals surface area contributed by atoms with E-state index in [0.29, 0.717) is 11.1 Å². The predicted molar refractivity (Wildman–Crippen MR) is 57.5 cm³/mol. The number of halogens is 4. The average Bonchev–Trinajstić information content (AvgIpc) is 2.28. The monoisotopic (exact) mass is 258 g/mol. The van der Waals surface area contributed by atoms with E-state index in [2.05, 4.69) is 10.2 Å². The van der Waals surface area contributed by atoms with E-state index in [1.54, 1.807) is 0 Å². The van der Waals surface area contributed by atoms with Gasteiger partial charge in [0, 0.05) is 5.56 Å². The highest BCUT2D eigenvalue weighted by atomic mass is 35.5. The van der Waals surface area contributed by atoms with Gasteiger partial charge in [-0.15, -0.1) is 5.10 Å². The van der Waals surface area contributed by atoms with E-state index in [1.165, 1.54) is 24.4 Å². The van der Waals surface area contributed by atoms with Gasteiger partial charge in [0.15, 0.2) is 5.15 Å². The van der Waals surface area contributed by atoms with Crippen LogP contribution in [0.1, 0.15) is 5.56 Å². The second-order valence-electron chi connectivity index (χ2n) is 3.34. The molecule has 0 saturated heterocycles. The number of benzene rings is 1. The van der Waals surface area contributed by atoms with E-state index >= 15 is 0 Å². The van der Waals surface area contributed by atoms with Crippen molar-refractivity contribution >= 4 is 11.6 Å². The van der Waals surface area contributed by atoms with Gasteiger partial charge in [-0.3, -0.25) is 0 Å². The summed E-state index contributed by atoms with van der Waals surface area (Å²) in [6, 6.07) is 6.32. The van der Waals surface area contributed by atoms with Gasteiger partial charge >= 0.3 is 6.18 Å². The quantitative estimate of drug-likeness (QED) is 0.777. The first kappa shape index (κ1) is 11.9. The number of rotatable bonds is 1. The standard InChI is InChI=1S/C11H6ClF3N2/c12-10-5-8(6-16-17-10)7-1-3-9(4-2-7)11(13,14)15/h1-6H. The Labute approximate surface area is 100 Å². The molecule has 0 bridgehead atoms. The van der Waals surface area contributed by atoms with Crippen LogP contribution in [0.4, 0.5) is 13.2 Å². The fourth-order valence-corrected chi connectivity index (χ4v) is 1.51. The molecule has 0 atom stereocenters. The van der Waals surface area contributed by atoms with Gasteiger partial charge < -0.3 is 0 Å². The van der Waals surface area contributed by atoms with Crippen LogP contribution in [0.3, 0.4) is 0 Å². The van der Waals surface area contributed by atoms with Crippen molar-refractivity contribution in [2.45, 2.75) is 6.18 Å². The van der Waals surface area contributed by atoms with Crippen molar-refractivity contribution in [3.05, 3.63) is 47.2 Å². The Hall–Kier alpha value is -1.62. The zero-order valence-electron chi connectivity index (χ0n) is 8.37. The van der Waals surface area contributed by atoms with E-state index in [4.69, 9.17) is 11.6 Å². The van der Waals surface area contributed by atoms with Crippen molar-refractivity contribution in [3.63, 3.8) is 0 Å². The molecule has 0 saturated carbocycles. The normalized spacial score (nSPS) is 11.5. The van der Waals surface area contributed by atoms with Crippen molar-refractivity contribution in [2.75, 3.05) is 0 Å². The SMILES string of the molecule is FC(F)(F)c1ccc(-c2cnnc(Cl)c2)cc1. The lowest BCUT2D eigenvalue weighted by molar-refractivity contribution is -0.137. The lowest BCUT2D eigenvalue weighted by Crippen LogP contribution is -2.04. The molecule has 0 unspecified atom stereocenters. The van der Waals surface area contributed by atoms with E-state index in [9.17, 15) is 13.2 Å². The van der Waals surface area contributed by atoms with Gasteiger partial charge in [-0.2, -0.15) is 18.3 Å². The minimum atomic E-state index is -4.33. The van der Waals surface area contributed by atoms with Gasteiger partial charge in [-0.1, -0.05) is 23.7 Å². The molecule has 1 heterocycles. The Balaban J connectivity index is 2.36. The summed E-state index contributed by atoms with van der Waals surface area (Å²) < 4.78 is 37.0. The molecule has 88 valence electrons. The Morgan fingerprint density at radius 1 is 1.00 bits per heavy atom. The van der Waals surface area contributed by atoms with Crippen LogP contribution in [0.25, 0.3) is 11.1 Å². The molecule has 0 aliphatic rings. The third kappa shape index (κ3) is 2.74. The number of hydrogen-bond donors (Lipinski definition) is 0. The highest BCUT2D eigenvalue weighted by molar-refractivity contribution is 6.29. The van der Waals surface area contributed by atoms with Crippen molar-refractivity contribution in [3.8, 4) is 11.1 Å². The molecule has 0 N–H and O–H groups in total. The van der Waals surface area contributed by atoms with Crippen LogP contribution >= 0.6 is 11.6 Å². The summed E-state index contributed by atoms with van der Waals surface area (Å²) in [5.74, 6) is 0. The van der Waals surface area contributed by atoms with E-state index in [1.807, 2.05) is 0 Å². The summed E-state index contributed by atoms with van der Waals surface area (Å²) in [6.07, 6.45) is -2.89. The minimum Gasteiger partial charge on any atom is -0.166 e. The molecule has 0 aliphatic heterocycles. The maximum Gasteiger partial charge on any atom is 0.416 e. The molecule has 6 heteroatoms. The predicted octanol–water partition coefficient (Wildman–Crippen LogP) is 3.82. The van der Waals surface area contributed by atoms with E-state index < -0.39 is 11.7 Å². The molecule has 0 spiro atoms. The summed E-state index contributed by atoms with van der Waals surface area (Å²) >= 11 is 5.64. The lowest BCUT2D eigenvalue weighted by atomic mass is 10.1. The first-order valence-corrected chi connectivity index (χ1v) is 5.00. The molecular weight excluding hydrogens is 253 g/mol.